The highest BCUT2D eigenvalue weighted by Gasteiger charge is 2.33. The van der Waals surface area contributed by atoms with E-state index >= 15 is 0 Å². The van der Waals surface area contributed by atoms with Gasteiger partial charge in [-0.05, 0) is 69.2 Å². The number of nitrogens with zero attached hydrogens (tertiary/aromatic N) is 2. The highest BCUT2D eigenvalue weighted by Crippen LogP contribution is 2.27. The molecule has 3 aromatic rings. The van der Waals surface area contributed by atoms with E-state index < -0.39 is 34.3 Å². The number of sulfonamides is 1. The molecule has 0 saturated heterocycles. The van der Waals surface area contributed by atoms with Crippen molar-refractivity contribution >= 4 is 43.5 Å². The maximum Gasteiger partial charge on any atom is 0.264 e. The molecule has 1 atom stereocenters. The molecule has 1 aliphatic rings. The van der Waals surface area contributed by atoms with Crippen molar-refractivity contribution < 1.29 is 22.4 Å². The van der Waals surface area contributed by atoms with E-state index in [1.807, 2.05) is 6.92 Å². The highest BCUT2D eigenvalue weighted by molar-refractivity contribution is 9.10. The fourth-order valence-electron chi connectivity index (χ4n) is 4.94. The number of halogens is 2. The number of nitrogens with one attached hydrogen (secondary N) is 1. The fraction of sp³-hybridized carbons (Fsp3) is 0.355. The fourth-order valence-corrected chi connectivity index (χ4v) is 6.61. The monoisotopic (exact) mass is 643 g/mol. The molecule has 3 aromatic carbocycles. The Kier molecular flexibility index (Phi) is 10.2. The molecule has 218 valence electrons. The van der Waals surface area contributed by atoms with Crippen LogP contribution in [0.1, 0.15) is 50.2 Å². The molecule has 0 heterocycles. The van der Waals surface area contributed by atoms with E-state index in [-0.39, 0.29) is 34.6 Å². The third-order valence-electron chi connectivity index (χ3n) is 7.42. The van der Waals surface area contributed by atoms with Crippen molar-refractivity contribution in [1.29, 1.82) is 0 Å². The van der Waals surface area contributed by atoms with E-state index in [1.54, 1.807) is 61.5 Å². The lowest BCUT2D eigenvalue weighted by Gasteiger charge is -2.33. The SMILES string of the molecule is Cc1ccc(S(=O)(=O)N(CC(=O)N(Cc2ccccc2F)[C@@H](C)C(=O)NC2CCCCC2)c2ccc(Br)cc2)cc1. The molecule has 1 saturated carbocycles. The summed E-state index contributed by atoms with van der Waals surface area (Å²) in [6.07, 6.45) is 4.91. The van der Waals surface area contributed by atoms with Gasteiger partial charge in [-0.3, -0.25) is 13.9 Å². The zero-order valence-corrected chi connectivity index (χ0v) is 25.6. The van der Waals surface area contributed by atoms with Crippen molar-refractivity contribution in [3.05, 3.63) is 94.2 Å². The van der Waals surface area contributed by atoms with Gasteiger partial charge in [0, 0.05) is 22.6 Å². The molecule has 4 rings (SSSR count). The Morgan fingerprint density at radius 2 is 1.61 bits per heavy atom. The van der Waals surface area contributed by atoms with Gasteiger partial charge in [0.15, 0.2) is 0 Å². The molecule has 0 bridgehead atoms. The quantitative estimate of drug-likeness (QED) is 0.295. The highest BCUT2D eigenvalue weighted by atomic mass is 79.9. The number of carbonyl (C=O) groups excluding carboxylic acids is 2. The van der Waals surface area contributed by atoms with Crippen molar-refractivity contribution in [2.24, 2.45) is 0 Å². The lowest BCUT2D eigenvalue weighted by Crippen LogP contribution is -2.53. The number of amides is 2. The van der Waals surface area contributed by atoms with Gasteiger partial charge in [-0.15, -0.1) is 0 Å². The summed E-state index contributed by atoms with van der Waals surface area (Å²) in [4.78, 5) is 28.6. The summed E-state index contributed by atoms with van der Waals surface area (Å²) >= 11 is 3.37. The summed E-state index contributed by atoms with van der Waals surface area (Å²) in [6, 6.07) is 18.1. The number of rotatable bonds is 10. The van der Waals surface area contributed by atoms with E-state index in [1.165, 1.54) is 23.1 Å². The summed E-state index contributed by atoms with van der Waals surface area (Å²) in [6.45, 7) is 2.68. The molecule has 0 unspecified atom stereocenters. The van der Waals surface area contributed by atoms with E-state index in [2.05, 4.69) is 21.2 Å². The molecule has 1 aliphatic carbocycles. The predicted molar refractivity (Wildman–Crippen MR) is 161 cm³/mol. The van der Waals surface area contributed by atoms with Crippen LogP contribution in [-0.4, -0.2) is 43.8 Å². The zero-order valence-electron chi connectivity index (χ0n) is 23.2. The minimum atomic E-state index is -4.17. The van der Waals surface area contributed by atoms with E-state index in [0.717, 1.165) is 46.4 Å². The zero-order chi connectivity index (χ0) is 29.6. The summed E-state index contributed by atoms with van der Waals surface area (Å²) in [5, 5.41) is 3.04. The lowest BCUT2D eigenvalue weighted by molar-refractivity contribution is -0.139. The first-order valence-corrected chi connectivity index (χ1v) is 16.0. The third kappa shape index (κ3) is 7.74. The Labute approximate surface area is 249 Å². The van der Waals surface area contributed by atoms with Crippen LogP contribution in [0.2, 0.25) is 0 Å². The van der Waals surface area contributed by atoms with Crippen molar-refractivity contribution in [1.82, 2.24) is 10.2 Å². The van der Waals surface area contributed by atoms with Gasteiger partial charge in [-0.2, -0.15) is 0 Å². The minimum absolute atomic E-state index is 0.0188. The van der Waals surface area contributed by atoms with Gasteiger partial charge in [0.25, 0.3) is 10.0 Å². The summed E-state index contributed by atoms with van der Waals surface area (Å²) in [5.74, 6) is -1.49. The van der Waals surface area contributed by atoms with Gasteiger partial charge < -0.3 is 10.2 Å². The van der Waals surface area contributed by atoms with Gasteiger partial charge in [-0.25, -0.2) is 12.8 Å². The lowest BCUT2D eigenvalue weighted by atomic mass is 9.95. The smallest absolute Gasteiger partial charge is 0.264 e. The van der Waals surface area contributed by atoms with Crippen LogP contribution in [0.5, 0.6) is 0 Å². The second kappa shape index (κ2) is 13.6. The number of hydrogen-bond acceptors (Lipinski definition) is 4. The van der Waals surface area contributed by atoms with Crippen LogP contribution in [0, 0.1) is 12.7 Å². The first-order valence-electron chi connectivity index (χ1n) is 13.7. The number of aryl methyl sites for hydroxylation is 1. The predicted octanol–water partition coefficient (Wildman–Crippen LogP) is 5.96. The van der Waals surface area contributed by atoms with Gasteiger partial charge in [-0.1, -0.05) is 71.1 Å². The van der Waals surface area contributed by atoms with Gasteiger partial charge in [0.1, 0.15) is 18.4 Å². The number of anilines is 1. The second-order valence-corrected chi connectivity index (χ2v) is 13.2. The van der Waals surface area contributed by atoms with Crippen LogP contribution in [-0.2, 0) is 26.2 Å². The molecule has 10 heteroatoms. The molecule has 2 amide bonds. The standard InChI is InChI=1S/C31H35BrFN3O4S/c1-22-12-18-28(19-13-22)41(39,40)36(27-16-14-25(32)15-17-27)21-30(37)35(20-24-8-6-7-11-29(24)33)23(2)31(38)34-26-9-4-3-5-10-26/h6-8,11-19,23,26H,3-5,9-10,20-21H2,1-2H3,(H,34,38)/t23-/m0/s1. The van der Waals surface area contributed by atoms with Crippen LogP contribution >= 0.6 is 15.9 Å². The summed E-state index contributed by atoms with van der Waals surface area (Å²) in [5.41, 5.74) is 1.41. The first-order chi connectivity index (χ1) is 19.6. The number of carbonyl (C=O) groups is 2. The van der Waals surface area contributed by atoms with E-state index in [9.17, 15) is 22.4 Å². The third-order valence-corrected chi connectivity index (χ3v) is 9.74. The average molecular weight is 645 g/mol. The van der Waals surface area contributed by atoms with Crippen molar-refractivity contribution in [2.75, 3.05) is 10.8 Å². The molecule has 0 aliphatic heterocycles. The maximum atomic E-state index is 14.7. The van der Waals surface area contributed by atoms with Crippen molar-refractivity contribution in [3.8, 4) is 0 Å². The molecular formula is C31H35BrFN3O4S. The summed E-state index contributed by atoms with van der Waals surface area (Å²) in [7, 11) is -4.17. The number of benzene rings is 3. The Hall–Kier alpha value is -3.24. The Morgan fingerprint density at radius 3 is 2.24 bits per heavy atom. The Morgan fingerprint density at radius 1 is 0.976 bits per heavy atom. The Balaban J connectivity index is 1.68. The molecule has 0 spiro atoms. The van der Waals surface area contributed by atoms with E-state index in [4.69, 9.17) is 0 Å². The van der Waals surface area contributed by atoms with Crippen molar-refractivity contribution in [2.45, 2.75) is 69.5 Å². The topological polar surface area (TPSA) is 86.8 Å². The summed E-state index contributed by atoms with van der Waals surface area (Å²) < 4.78 is 44.2. The van der Waals surface area contributed by atoms with Crippen LogP contribution in [0.15, 0.2) is 82.2 Å². The average Bonchev–Trinajstić information content (AvgIpc) is 2.96. The first kappa shape index (κ1) is 30.7. The molecular weight excluding hydrogens is 609 g/mol. The maximum absolute atomic E-state index is 14.7. The molecule has 1 fully saturated rings. The Bertz CT molecular complexity index is 1460. The van der Waals surface area contributed by atoms with Gasteiger partial charge >= 0.3 is 0 Å². The molecule has 7 nitrogen and oxygen atoms in total. The largest absolute Gasteiger partial charge is 0.352 e. The van der Waals surface area contributed by atoms with Crippen LogP contribution in [0.4, 0.5) is 10.1 Å². The van der Waals surface area contributed by atoms with E-state index in [0.29, 0.717) is 0 Å². The molecule has 1 N–H and O–H groups in total. The normalized spacial score (nSPS) is 14.7. The van der Waals surface area contributed by atoms with Crippen molar-refractivity contribution in [3.63, 3.8) is 0 Å². The van der Waals surface area contributed by atoms with Crippen LogP contribution < -0.4 is 9.62 Å². The molecule has 0 radical (unpaired) electrons. The second-order valence-electron chi connectivity index (χ2n) is 10.4. The number of hydrogen-bond donors (Lipinski definition) is 1. The minimum Gasteiger partial charge on any atom is -0.352 e. The van der Waals surface area contributed by atoms with Gasteiger partial charge in [0.2, 0.25) is 11.8 Å². The van der Waals surface area contributed by atoms with Crippen LogP contribution in [0.3, 0.4) is 0 Å². The van der Waals surface area contributed by atoms with Crippen LogP contribution in [0.25, 0.3) is 0 Å². The molecule has 41 heavy (non-hydrogen) atoms. The van der Waals surface area contributed by atoms with Gasteiger partial charge in [0.05, 0.1) is 10.6 Å². The molecule has 0 aromatic heterocycles.